The van der Waals surface area contributed by atoms with Crippen LogP contribution in [0.15, 0.2) is 48.7 Å². The molecule has 0 aliphatic rings. The molecule has 0 fully saturated rings. The molecular weight excluding hydrogens is 316 g/mol. The summed E-state index contributed by atoms with van der Waals surface area (Å²) in [6.45, 7) is 5.35. The average Bonchev–Trinajstić information content (AvgIpc) is 3.09. The minimum absolute atomic E-state index is 0.270. The Hall–Kier alpha value is -2.44. The number of aliphatic hydroxyl groups is 1. The lowest BCUT2D eigenvalue weighted by Crippen LogP contribution is -2.25. The molecule has 6 heteroatoms. The van der Waals surface area contributed by atoms with E-state index in [0.29, 0.717) is 19.1 Å². The highest BCUT2D eigenvalue weighted by Crippen LogP contribution is 2.18. The number of rotatable bonds is 8. The van der Waals surface area contributed by atoms with Gasteiger partial charge in [0.25, 0.3) is 0 Å². The molecule has 0 aliphatic heterocycles. The third-order valence-corrected chi connectivity index (χ3v) is 3.91. The molecule has 3 aromatic rings. The molecule has 0 saturated carbocycles. The number of anilines is 1. The second-order valence-electron chi connectivity index (χ2n) is 6.36. The van der Waals surface area contributed by atoms with Crippen molar-refractivity contribution in [2.75, 3.05) is 18.5 Å². The highest BCUT2D eigenvalue weighted by atomic mass is 16.5. The van der Waals surface area contributed by atoms with Gasteiger partial charge in [-0.25, -0.2) is 4.98 Å². The van der Waals surface area contributed by atoms with Gasteiger partial charge in [-0.05, 0) is 11.5 Å². The molecule has 132 valence electrons. The second-order valence-corrected chi connectivity index (χ2v) is 6.36. The van der Waals surface area contributed by atoms with Crippen LogP contribution >= 0.6 is 0 Å². The number of aromatic nitrogens is 3. The Balaban J connectivity index is 1.55. The molecule has 0 radical (unpaired) electrons. The summed E-state index contributed by atoms with van der Waals surface area (Å²) in [5.41, 5.74) is 2.88. The molecule has 2 heterocycles. The van der Waals surface area contributed by atoms with Gasteiger partial charge >= 0.3 is 0 Å². The van der Waals surface area contributed by atoms with Crippen molar-refractivity contribution in [3.63, 3.8) is 0 Å². The lowest BCUT2D eigenvalue weighted by Gasteiger charge is -2.15. The molecule has 0 aliphatic carbocycles. The Morgan fingerprint density at radius 1 is 1.20 bits per heavy atom. The van der Waals surface area contributed by atoms with Crippen LogP contribution in [-0.4, -0.2) is 39.0 Å². The van der Waals surface area contributed by atoms with E-state index in [2.05, 4.69) is 29.2 Å². The van der Waals surface area contributed by atoms with Crippen LogP contribution in [0, 0.1) is 0 Å². The Morgan fingerprint density at radius 2 is 2.00 bits per heavy atom. The minimum atomic E-state index is -0.606. The van der Waals surface area contributed by atoms with Crippen molar-refractivity contribution in [2.24, 2.45) is 0 Å². The largest absolute Gasteiger partial charge is 0.389 e. The van der Waals surface area contributed by atoms with Gasteiger partial charge in [-0.3, -0.25) is 0 Å². The molecule has 0 bridgehead atoms. The van der Waals surface area contributed by atoms with Crippen molar-refractivity contribution < 1.29 is 9.84 Å². The number of aliphatic hydroxyl groups excluding tert-OH is 1. The minimum Gasteiger partial charge on any atom is -0.389 e. The summed E-state index contributed by atoms with van der Waals surface area (Å²) in [7, 11) is 0. The highest BCUT2D eigenvalue weighted by Gasteiger charge is 2.11. The van der Waals surface area contributed by atoms with Gasteiger partial charge in [0.1, 0.15) is 5.82 Å². The second kappa shape index (κ2) is 8.09. The van der Waals surface area contributed by atoms with Crippen molar-refractivity contribution >= 4 is 11.5 Å². The van der Waals surface area contributed by atoms with Crippen LogP contribution in [0.2, 0.25) is 0 Å². The summed E-state index contributed by atoms with van der Waals surface area (Å²) in [4.78, 5) is 4.58. The maximum atomic E-state index is 10.2. The Bertz CT molecular complexity index is 802. The van der Waals surface area contributed by atoms with E-state index < -0.39 is 6.10 Å². The number of benzene rings is 1. The van der Waals surface area contributed by atoms with Crippen molar-refractivity contribution in [3.05, 3.63) is 59.9 Å². The third-order valence-electron chi connectivity index (χ3n) is 3.91. The van der Waals surface area contributed by atoms with Crippen LogP contribution < -0.4 is 5.32 Å². The molecule has 2 N–H and O–H groups in total. The van der Waals surface area contributed by atoms with Gasteiger partial charge in [-0.1, -0.05) is 44.2 Å². The van der Waals surface area contributed by atoms with Gasteiger partial charge in [0.15, 0.2) is 5.65 Å². The zero-order chi connectivity index (χ0) is 17.6. The van der Waals surface area contributed by atoms with E-state index in [1.165, 1.54) is 0 Å². The highest BCUT2D eigenvalue weighted by molar-refractivity contribution is 5.49. The molecule has 2 aromatic heterocycles. The van der Waals surface area contributed by atoms with Gasteiger partial charge < -0.3 is 15.2 Å². The van der Waals surface area contributed by atoms with E-state index in [9.17, 15) is 5.11 Å². The summed E-state index contributed by atoms with van der Waals surface area (Å²) in [6.07, 6.45) is 1.11. The summed E-state index contributed by atoms with van der Waals surface area (Å²) < 4.78 is 7.32. The Morgan fingerprint density at radius 3 is 2.76 bits per heavy atom. The van der Waals surface area contributed by atoms with Crippen LogP contribution in [0.4, 0.5) is 5.82 Å². The van der Waals surface area contributed by atoms with E-state index >= 15 is 0 Å². The predicted octanol–water partition coefficient (Wildman–Crippen LogP) is 2.84. The predicted molar refractivity (Wildman–Crippen MR) is 97.7 cm³/mol. The van der Waals surface area contributed by atoms with Crippen LogP contribution in [0.5, 0.6) is 0 Å². The summed E-state index contributed by atoms with van der Waals surface area (Å²) in [5.74, 6) is 1.14. The molecule has 0 spiro atoms. The monoisotopic (exact) mass is 340 g/mol. The van der Waals surface area contributed by atoms with Crippen molar-refractivity contribution in [1.82, 2.24) is 14.6 Å². The van der Waals surface area contributed by atoms with Gasteiger partial charge in [-0.2, -0.15) is 9.61 Å². The van der Waals surface area contributed by atoms with Gasteiger partial charge in [0.05, 0.1) is 25.5 Å². The van der Waals surface area contributed by atoms with Crippen LogP contribution in [0.3, 0.4) is 0 Å². The summed E-state index contributed by atoms with van der Waals surface area (Å²) in [6, 6.07) is 13.8. The topological polar surface area (TPSA) is 71.7 Å². The SMILES string of the molecule is CC(C)c1cc(NC[C@H](O)COCc2ccccc2)n2nccc2n1. The fourth-order valence-electron chi connectivity index (χ4n) is 2.52. The van der Waals surface area contributed by atoms with Crippen molar-refractivity contribution in [2.45, 2.75) is 32.5 Å². The molecule has 1 atom stereocenters. The number of nitrogens with one attached hydrogen (secondary N) is 1. The van der Waals surface area contributed by atoms with Gasteiger partial charge in [0.2, 0.25) is 0 Å². The molecular formula is C19H24N4O2. The zero-order valence-corrected chi connectivity index (χ0v) is 14.6. The first kappa shape index (κ1) is 17.4. The van der Waals surface area contributed by atoms with Crippen molar-refractivity contribution in [1.29, 1.82) is 0 Å². The zero-order valence-electron chi connectivity index (χ0n) is 14.6. The molecule has 0 amide bonds. The van der Waals surface area contributed by atoms with Gasteiger partial charge in [0, 0.05) is 24.4 Å². The standard InChI is InChI=1S/C19H24N4O2/c1-14(2)17-10-19(23-18(22-17)8-9-21-23)20-11-16(24)13-25-12-15-6-4-3-5-7-15/h3-10,14,16,20,24H,11-13H2,1-2H3/t16-/m0/s1. The molecule has 0 unspecified atom stereocenters. The molecule has 1 aromatic carbocycles. The smallest absolute Gasteiger partial charge is 0.157 e. The van der Waals surface area contributed by atoms with Crippen LogP contribution in [0.1, 0.15) is 31.0 Å². The summed E-state index contributed by atoms with van der Waals surface area (Å²) >= 11 is 0. The van der Waals surface area contributed by atoms with Gasteiger partial charge in [-0.15, -0.1) is 0 Å². The maximum absolute atomic E-state index is 10.2. The molecule has 6 nitrogen and oxygen atoms in total. The molecule has 3 rings (SSSR count). The number of hydrogen-bond donors (Lipinski definition) is 2. The first-order valence-corrected chi connectivity index (χ1v) is 8.52. The van der Waals surface area contributed by atoms with E-state index in [0.717, 1.165) is 22.7 Å². The first-order valence-electron chi connectivity index (χ1n) is 8.52. The van der Waals surface area contributed by atoms with E-state index in [4.69, 9.17) is 4.74 Å². The Labute approximate surface area is 147 Å². The maximum Gasteiger partial charge on any atom is 0.157 e. The van der Waals surface area contributed by atoms with Crippen LogP contribution in [-0.2, 0) is 11.3 Å². The lowest BCUT2D eigenvalue weighted by atomic mass is 10.1. The normalized spacial score (nSPS) is 12.6. The fraction of sp³-hybridized carbons (Fsp3) is 0.368. The number of hydrogen-bond acceptors (Lipinski definition) is 5. The molecule has 0 saturated heterocycles. The number of fused-ring (bicyclic) bond motifs is 1. The van der Waals surface area contributed by atoms with E-state index in [-0.39, 0.29) is 6.61 Å². The quantitative estimate of drug-likeness (QED) is 0.660. The number of nitrogens with zero attached hydrogens (tertiary/aromatic N) is 3. The summed E-state index contributed by atoms with van der Waals surface area (Å²) in [5, 5.41) is 17.7. The molecule has 25 heavy (non-hydrogen) atoms. The first-order chi connectivity index (χ1) is 12.1. The Kier molecular flexibility index (Phi) is 5.63. The average molecular weight is 340 g/mol. The van der Waals surface area contributed by atoms with Crippen molar-refractivity contribution in [3.8, 4) is 0 Å². The fourth-order valence-corrected chi connectivity index (χ4v) is 2.52. The lowest BCUT2D eigenvalue weighted by molar-refractivity contribution is 0.0348. The van der Waals surface area contributed by atoms with Crippen LogP contribution in [0.25, 0.3) is 5.65 Å². The van der Waals surface area contributed by atoms with E-state index in [1.807, 2.05) is 42.5 Å². The number of ether oxygens (including phenoxy) is 1. The van der Waals surface area contributed by atoms with E-state index in [1.54, 1.807) is 10.7 Å². The third kappa shape index (κ3) is 4.55.